The van der Waals surface area contributed by atoms with E-state index in [0.29, 0.717) is 51.9 Å². The van der Waals surface area contributed by atoms with E-state index in [9.17, 15) is 19.5 Å². The minimum atomic E-state index is -1.05. The molecule has 0 saturated carbocycles. The molecule has 45 heavy (non-hydrogen) atoms. The number of fused-ring (bicyclic) bond motifs is 1. The molecular formula is C37H55N3O5. The number of aliphatic hydroxyl groups excluding tert-OH is 1. The van der Waals surface area contributed by atoms with Gasteiger partial charge in [0.1, 0.15) is 11.6 Å². The van der Waals surface area contributed by atoms with Gasteiger partial charge in [0.15, 0.2) is 0 Å². The van der Waals surface area contributed by atoms with Crippen molar-refractivity contribution in [3.05, 3.63) is 61.2 Å². The summed E-state index contributed by atoms with van der Waals surface area (Å²) in [6, 6.07) is 9.02. The minimum Gasteiger partial charge on any atom is -0.396 e. The number of hydrogen-bond acceptors (Lipinski definition) is 5. The molecule has 0 aromatic heterocycles. The highest BCUT2D eigenvalue weighted by molar-refractivity contribution is 5.99. The summed E-state index contributed by atoms with van der Waals surface area (Å²) in [5, 5.41) is 9.26. The highest BCUT2D eigenvalue weighted by Crippen LogP contribution is 2.59. The van der Waals surface area contributed by atoms with Crippen molar-refractivity contribution in [2.45, 2.75) is 109 Å². The van der Waals surface area contributed by atoms with E-state index < -0.39 is 35.1 Å². The quantitative estimate of drug-likeness (QED) is 0.198. The molecule has 3 amide bonds. The number of rotatable bonds is 16. The van der Waals surface area contributed by atoms with E-state index >= 15 is 0 Å². The van der Waals surface area contributed by atoms with Crippen molar-refractivity contribution in [2.75, 3.05) is 26.2 Å². The van der Waals surface area contributed by atoms with E-state index in [0.717, 1.165) is 24.8 Å². The van der Waals surface area contributed by atoms with E-state index in [1.165, 1.54) is 0 Å². The van der Waals surface area contributed by atoms with Crippen molar-refractivity contribution >= 4 is 17.7 Å². The minimum absolute atomic E-state index is 0.0326. The zero-order chi connectivity index (χ0) is 33.0. The van der Waals surface area contributed by atoms with Crippen molar-refractivity contribution in [1.29, 1.82) is 0 Å². The average Bonchev–Trinajstić information content (AvgIpc) is 3.61. The molecule has 0 radical (unpaired) electrons. The van der Waals surface area contributed by atoms with E-state index in [1.54, 1.807) is 22.0 Å². The van der Waals surface area contributed by atoms with Gasteiger partial charge in [-0.25, -0.2) is 0 Å². The lowest BCUT2D eigenvalue weighted by atomic mass is 9.70. The molecule has 5 atom stereocenters. The highest BCUT2D eigenvalue weighted by atomic mass is 16.5. The highest BCUT2D eigenvalue weighted by Gasteiger charge is 2.75. The van der Waals surface area contributed by atoms with E-state index in [4.69, 9.17) is 4.74 Å². The Morgan fingerprint density at radius 1 is 1.02 bits per heavy atom. The Morgan fingerprint density at radius 3 is 2.31 bits per heavy atom. The van der Waals surface area contributed by atoms with Crippen LogP contribution >= 0.6 is 0 Å². The first-order valence-corrected chi connectivity index (χ1v) is 16.8. The third-order valence-electron chi connectivity index (χ3n) is 9.78. The fourth-order valence-electron chi connectivity index (χ4n) is 8.41. The van der Waals surface area contributed by atoms with E-state index in [2.05, 4.69) is 47.8 Å². The van der Waals surface area contributed by atoms with Crippen molar-refractivity contribution in [2.24, 2.45) is 17.3 Å². The molecule has 8 nitrogen and oxygen atoms in total. The van der Waals surface area contributed by atoms with Crippen LogP contribution in [0.15, 0.2) is 55.6 Å². The third-order valence-corrected chi connectivity index (χ3v) is 9.78. The second-order valence-corrected chi connectivity index (χ2v) is 15.0. The Morgan fingerprint density at radius 2 is 1.69 bits per heavy atom. The van der Waals surface area contributed by atoms with Gasteiger partial charge < -0.3 is 24.5 Å². The molecule has 1 aromatic carbocycles. The van der Waals surface area contributed by atoms with E-state index in [-0.39, 0.29) is 29.7 Å². The van der Waals surface area contributed by atoms with Gasteiger partial charge in [0.25, 0.3) is 0 Å². The van der Waals surface area contributed by atoms with Crippen LogP contribution in [0.2, 0.25) is 0 Å². The molecule has 3 aliphatic rings. The average molecular weight is 622 g/mol. The summed E-state index contributed by atoms with van der Waals surface area (Å²) in [5.74, 6) is -1.76. The summed E-state index contributed by atoms with van der Waals surface area (Å²) in [4.78, 5) is 49.2. The maximum atomic E-state index is 14.9. The molecule has 1 aromatic rings. The van der Waals surface area contributed by atoms with Crippen LogP contribution in [0.1, 0.15) is 85.1 Å². The van der Waals surface area contributed by atoms with Gasteiger partial charge in [0.05, 0.1) is 17.9 Å². The van der Waals surface area contributed by atoms with Crippen LogP contribution in [0.3, 0.4) is 0 Å². The molecule has 3 heterocycles. The normalized spacial score (nSPS) is 25.7. The fourth-order valence-corrected chi connectivity index (χ4v) is 8.41. The molecule has 1 N–H and O–H groups in total. The van der Waals surface area contributed by atoms with Gasteiger partial charge in [-0.3, -0.25) is 14.4 Å². The smallest absolute Gasteiger partial charge is 0.249 e. The number of unbranched alkanes of at least 4 members (excludes halogenated alkanes) is 3. The molecule has 3 aliphatic heterocycles. The molecule has 4 rings (SSSR count). The Kier molecular flexibility index (Phi) is 11.0. The molecule has 0 aliphatic carbocycles. The molecule has 8 heteroatoms. The molecular weight excluding hydrogens is 566 g/mol. The molecule has 248 valence electrons. The van der Waals surface area contributed by atoms with Crippen molar-refractivity contribution in [3.63, 3.8) is 0 Å². The largest absolute Gasteiger partial charge is 0.396 e. The van der Waals surface area contributed by atoms with Gasteiger partial charge in [-0.05, 0) is 56.9 Å². The lowest BCUT2D eigenvalue weighted by Crippen LogP contribution is -2.61. The zero-order valence-corrected chi connectivity index (χ0v) is 28.2. The molecule has 1 spiro atoms. The Balaban J connectivity index is 1.71. The lowest BCUT2D eigenvalue weighted by molar-refractivity contribution is -0.153. The number of amides is 3. The van der Waals surface area contributed by atoms with Gasteiger partial charge in [-0.15, -0.1) is 13.2 Å². The number of carbonyl (C=O) groups excluding carboxylic acids is 3. The Bertz CT molecular complexity index is 1220. The predicted molar refractivity (Wildman–Crippen MR) is 177 cm³/mol. The number of hydrogen-bond donors (Lipinski definition) is 1. The summed E-state index contributed by atoms with van der Waals surface area (Å²) in [7, 11) is 0. The maximum Gasteiger partial charge on any atom is 0.249 e. The van der Waals surface area contributed by atoms with Crippen LogP contribution in [0.5, 0.6) is 0 Å². The maximum absolute atomic E-state index is 14.9. The number of carbonyl (C=O) groups is 3. The number of benzene rings is 1. The number of likely N-dealkylation sites (tertiary alicyclic amines) is 1. The third kappa shape index (κ3) is 7.22. The summed E-state index contributed by atoms with van der Waals surface area (Å²) in [6.07, 6.45) is 8.13. The molecule has 3 saturated heterocycles. The van der Waals surface area contributed by atoms with Gasteiger partial charge in [-0.2, -0.15) is 0 Å². The van der Waals surface area contributed by atoms with Gasteiger partial charge in [0, 0.05) is 38.3 Å². The van der Waals surface area contributed by atoms with Gasteiger partial charge >= 0.3 is 0 Å². The molecule has 3 fully saturated rings. The number of nitrogens with zero attached hydrogens (tertiary/aromatic N) is 3. The van der Waals surface area contributed by atoms with Crippen LogP contribution in [-0.2, 0) is 25.7 Å². The summed E-state index contributed by atoms with van der Waals surface area (Å²) in [6.45, 7) is 20.2. The van der Waals surface area contributed by atoms with Crippen LogP contribution in [0, 0.1) is 17.3 Å². The monoisotopic (exact) mass is 621 g/mol. The van der Waals surface area contributed by atoms with Crippen molar-refractivity contribution in [1.82, 2.24) is 14.7 Å². The van der Waals surface area contributed by atoms with Crippen molar-refractivity contribution in [3.8, 4) is 0 Å². The van der Waals surface area contributed by atoms with Crippen LogP contribution < -0.4 is 0 Å². The Hall–Kier alpha value is -2.97. The fraction of sp³-hybridized carbons (Fsp3) is 0.649. The second kappa shape index (κ2) is 14.2. The summed E-state index contributed by atoms with van der Waals surface area (Å²) >= 11 is 0. The first-order chi connectivity index (χ1) is 21.3. The number of aliphatic hydroxyl groups is 1. The van der Waals surface area contributed by atoms with Crippen LogP contribution in [0.25, 0.3) is 0 Å². The molecule has 2 unspecified atom stereocenters. The number of ether oxygens (including phenoxy) is 1. The summed E-state index contributed by atoms with van der Waals surface area (Å²) < 4.78 is 6.78. The summed E-state index contributed by atoms with van der Waals surface area (Å²) in [5.41, 5.74) is -0.581. The second-order valence-electron chi connectivity index (χ2n) is 15.0. The lowest BCUT2D eigenvalue weighted by Gasteiger charge is -2.45. The topological polar surface area (TPSA) is 90.4 Å². The van der Waals surface area contributed by atoms with E-state index in [1.807, 2.05) is 35.2 Å². The van der Waals surface area contributed by atoms with Gasteiger partial charge in [-0.1, -0.05) is 76.1 Å². The van der Waals surface area contributed by atoms with Crippen molar-refractivity contribution < 1.29 is 24.2 Å². The predicted octanol–water partition coefficient (Wildman–Crippen LogP) is 5.36. The zero-order valence-electron chi connectivity index (χ0n) is 28.2. The van der Waals surface area contributed by atoms with Gasteiger partial charge in [0.2, 0.25) is 17.7 Å². The molecule has 2 bridgehead atoms. The Labute approximate surface area is 270 Å². The first-order valence-electron chi connectivity index (χ1n) is 16.8. The van der Waals surface area contributed by atoms with Crippen LogP contribution in [-0.4, -0.2) is 87.1 Å². The SMILES string of the molecule is C=CCN(Cc1ccccc1)C(=O)[C@@H]1[C@H]2C(=O)N(CCCCCCO)C(C(=O)N(CC=C)C(C)(C)CC(C)(C)C)C23CC[C@H]1O3. The first kappa shape index (κ1) is 34.9. The standard InChI is InChI=1S/C37H55N3O5/c1-8-21-38(25-27-17-13-12-14-18-27)32(42)29-28-19-20-37(45-28)30(29)33(43)39(23-15-10-11-16-24-41)31(37)34(44)40(22-9-2)36(6,7)26-35(3,4)5/h8-9,12-14,17-18,28-31,41H,1-2,10-11,15-16,19-26H2,3-7H3/t28-,29+,30+,31?,37?/m1/s1. The van der Waals surface area contributed by atoms with Crippen LogP contribution in [0.4, 0.5) is 0 Å².